The topological polar surface area (TPSA) is 102 Å². The van der Waals surface area contributed by atoms with Gasteiger partial charge in [-0.15, -0.1) is 0 Å². The molecule has 1 heterocycles. The van der Waals surface area contributed by atoms with Gasteiger partial charge >= 0.3 is 12.0 Å². The first-order valence-corrected chi connectivity index (χ1v) is 9.19. The molecule has 0 saturated carbocycles. The van der Waals surface area contributed by atoms with E-state index in [0.29, 0.717) is 16.3 Å². The van der Waals surface area contributed by atoms with E-state index in [1.165, 1.54) is 23.1 Å². The van der Waals surface area contributed by atoms with Crippen LogP contribution in [0.2, 0.25) is 5.02 Å². The van der Waals surface area contributed by atoms with Gasteiger partial charge in [0.15, 0.2) is 0 Å². The maximum Gasteiger partial charge on any atom is 0.338 e. The van der Waals surface area contributed by atoms with E-state index in [0.717, 1.165) is 0 Å². The highest BCUT2D eigenvalue weighted by Crippen LogP contribution is 2.35. The summed E-state index contributed by atoms with van der Waals surface area (Å²) in [4.78, 5) is 37.4. The van der Waals surface area contributed by atoms with Crippen LogP contribution < -0.4 is 10.2 Å². The minimum Gasteiger partial charge on any atom is -0.463 e. The van der Waals surface area contributed by atoms with Crippen LogP contribution in [0.25, 0.3) is 0 Å². The van der Waals surface area contributed by atoms with Crippen LogP contribution in [-0.2, 0) is 9.53 Å². The number of esters is 1. The molecule has 29 heavy (non-hydrogen) atoms. The van der Waals surface area contributed by atoms with Crippen LogP contribution >= 0.6 is 11.6 Å². The summed E-state index contributed by atoms with van der Waals surface area (Å²) in [6.07, 6.45) is 0. The number of halogens is 1. The molecule has 0 aromatic heterocycles. The number of urea groups is 1. The Labute approximate surface area is 171 Å². The molecule has 8 nitrogen and oxygen atoms in total. The van der Waals surface area contributed by atoms with Crippen LogP contribution in [0.1, 0.15) is 25.5 Å². The minimum atomic E-state index is -0.742. The summed E-state index contributed by atoms with van der Waals surface area (Å²) in [6, 6.07) is 11.1. The van der Waals surface area contributed by atoms with Crippen molar-refractivity contribution in [3.05, 3.63) is 80.5 Å². The van der Waals surface area contributed by atoms with Gasteiger partial charge < -0.3 is 10.1 Å². The molecule has 1 N–H and O–H groups in total. The second kappa shape index (κ2) is 8.32. The van der Waals surface area contributed by atoms with E-state index < -0.39 is 23.0 Å². The first kappa shape index (κ1) is 20.3. The van der Waals surface area contributed by atoms with E-state index >= 15 is 0 Å². The molecule has 0 bridgehead atoms. The van der Waals surface area contributed by atoms with Crippen molar-refractivity contribution in [3.8, 4) is 0 Å². The van der Waals surface area contributed by atoms with Gasteiger partial charge in [0.25, 0.3) is 5.69 Å². The molecule has 0 saturated heterocycles. The van der Waals surface area contributed by atoms with Crippen molar-refractivity contribution < 1.29 is 19.2 Å². The highest BCUT2D eigenvalue weighted by molar-refractivity contribution is 6.30. The summed E-state index contributed by atoms with van der Waals surface area (Å²) in [5, 5.41) is 14.4. The lowest BCUT2D eigenvalue weighted by atomic mass is 9.94. The Kier molecular flexibility index (Phi) is 5.84. The summed E-state index contributed by atoms with van der Waals surface area (Å²) >= 11 is 5.95. The molecule has 1 aliphatic rings. The zero-order chi connectivity index (χ0) is 21.1. The molecule has 0 fully saturated rings. The predicted octanol–water partition coefficient (Wildman–Crippen LogP) is 4.36. The second-order valence-corrected chi connectivity index (χ2v) is 6.70. The maximum absolute atomic E-state index is 12.9. The van der Waals surface area contributed by atoms with Crippen molar-refractivity contribution in [1.29, 1.82) is 0 Å². The van der Waals surface area contributed by atoms with Gasteiger partial charge in [-0.3, -0.25) is 15.0 Å². The molecule has 1 atom stereocenters. The fourth-order valence-corrected chi connectivity index (χ4v) is 3.30. The van der Waals surface area contributed by atoms with Gasteiger partial charge in [-0.05, 0) is 37.6 Å². The monoisotopic (exact) mass is 415 g/mol. The molecule has 150 valence electrons. The van der Waals surface area contributed by atoms with Gasteiger partial charge in [0.2, 0.25) is 0 Å². The van der Waals surface area contributed by atoms with E-state index in [9.17, 15) is 19.7 Å². The summed E-state index contributed by atoms with van der Waals surface area (Å²) in [5.74, 6) is -0.583. The Morgan fingerprint density at radius 2 is 1.97 bits per heavy atom. The Morgan fingerprint density at radius 1 is 1.28 bits per heavy atom. The van der Waals surface area contributed by atoms with Crippen molar-refractivity contribution in [2.24, 2.45) is 0 Å². The smallest absolute Gasteiger partial charge is 0.338 e. The third-order valence-electron chi connectivity index (χ3n) is 4.48. The number of non-ortho nitro benzene ring substituents is 1. The highest BCUT2D eigenvalue weighted by atomic mass is 35.5. The number of rotatable bonds is 5. The summed E-state index contributed by atoms with van der Waals surface area (Å²) in [6.45, 7) is 3.45. The molecule has 2 aromatic carbocycles. The number of hydrogen-bond acceptors (Lipinski definition) is 5. The number of amides is 2. The molecular formula is C20H18ClN3O5. The van der Waals surface area contributed by atoms with Crippen molar-refractivity contribution >= 4 is 35.0 Å². The van der Waals surface area contributed by atoms with Gasteiger partial charge in [0.1, 0.15) is 0 Å². The molecule has 3 rings (SSSR count). The third-order valence-corrected chi connectivity index (χ3v) is 4.73. The molecule has 2 aromatic rings. The maximum atomic E-state index is 12.9. The Morgan fingerprint density at radius 3 is 2.59 bits per heavy atom. The fourth-order valence-electron chi connectivity index (χ4n) is 3.18. The number of allylic oxidation sites excluding steroid dienone is 1. The van der Waals surface area contributed by atoms with E-state index in [1.54, 1.807) is 44.2 Å². The van der Waals surface area contributed by atoms with E-state index in [-0.39, 0.29) is 23.6 Å². The lowest BCUT2D eigenvalue weighted by Crippen LogP contribution is -2.48. The number of anilines is 1. The van der Waals surface area contributed by atoms with Crippen LogP contribution in [0.5, 0.6) is 0 Å². The molecular weight excluding hydrogens is 398 g/mol. The summed E-state index contributed by atoms with van der Waals surface area (Å²) in [5.41, 5.74) is 1.32. The van der Waals surface area contributed by atoms with Gasteiger partial charge in [-0.1, -0.05) is 29.8 Å². The van der Waals surface area contributed by atoms with E-state index in [4.69, 9.17) is 16.3 Å². The normalized spacial score (nSPS) is 16.4. The van der Waals surface area contributed by atoms with E-state index in [1.807, 2.05) is 0 Å². The number of nitrogens with zero attached hydrogens (tertiary/aromatic N) is 2. The fraction of sp³-hybridized carbons (Fsp3) is 0.200. The number of carbonyl (C=O) groups excluding carboxylic acids is 2. The van der Waals surface area contributed by atoms with Gasteiger partial charge in [0, 0.05) is 22.9 Å². The van der Waals surface area contributed by atoms with Crippen LogP contribution in [0, 0.1) is 10.1 Å². The Balaban J connectivity index is 2.13. The molecule has 1 aliphatic heterocycles. The first-order valence-electron chi connectivity index (χ1n) is 8.82. The second-order valence-electron chi connectivity index (χ2n) is 6.27. The van der Waals surface area contributed by atoms with E-state index in [2.05, 4.69) is 5.32 Å². The molecule has 0 spiro atoms. The Hall–Kier alpha value is -3.39. The minimum absolute atomic E-state index is 0.160. The SMILES string of the molecule is CCOC(=O)C1=C(C)N(c2cccc([N+](=O)[O-])c2)C(=O)NC1c1ccc(Cl)cc1. The van der Waals surface area contributed by atoms with Crippen molar-refractivity contribution in [2.75, 3.05) is 11.5 Å². The zero-order valence-electron chi connectivity index (χ0n) is 15.7. The van der Waals surface area contributed by atoms with Crippen LogP contribution in [0.4, 0.5) is 16.2 Å². The third kappa shape index (κ3) is 4.07. The van der Waals surface area contributed by atoms with Crippen molar-refractivity contribution in [3.63, 3.8) is 0 Å². The molecule has 0 aliphatic carbocycles. The number of nitro groups is 1. The number of nitro benzene ring substituents is 1. The average molecular weight is 416 g/mol. The quantitative estimate of drug-likeness (QED) is 0.444. The summed E-state index contributed by atoms with van der Waals surface area (Å²) in [7, 11) is 0. The van der Waals surface area contributed by atoms with Gasteiger partial charge in [-0.2, -0.15) is 0 Å². The number of nitrogens with one attached hydrogen (secondary N) is 1. The Bertz CT molecular complexity index is 1000. The molecule has 2 amide bonds. The van der Waals surface area contributed by atoms with Gasteiger partial charge in [-0.25, -0.2) is 9.59 Å². The van der Waals surface area contributed by atoms with Crippen LogP contribution in [0.3, 0.4) is 0 Å². The predicted molar refractivity (Wildman–Crippen MR) is 108 cm³/mol. The standard InChI is InChI=1S/C20H18ClN3O5/c1-3-29-19(25)17-12(2)23(15-5-4-6-16(11-15)24(27)28)20(26)22-18(17)13-7-9-14(21)10-8-13/h4-11,18H,3H2,1-2H3,(H,22,26). The molecule has 0 radical (unpaired) electrons. The lowest BCUT2D eigenvalue weighted by molar-refractivity contribution is -0.384. The van der Waals surface area contributed by atoms with Gasteiger partial charge in [0.05, 0.1) is 28.8 Å². The highest BCUT2D eigenvalue weighted by Gasteiger charge is 2.37. The number of benzene rings is 2. The van der Waals surface area contributed by atoms with Crippen molar-refractivity contribution in [1.82, 2.24) is 5.32 Å². The molecule has 1 unspecified atom stereocenters. The summed E-state index contributed by atoms with van der Waals surface area (Å²) < 4.78 is 5.20. The number of carbonyl (C=O) groups is 2. The first-order chi connectivity index (χ1) is 13.8. The van der Waals surface area contributed by atoms with Crippen molar-refractivity contribution in [2.45, 2.75) is 19.9 Å². The lowest BCUT2D eigenvalue weighted by Gasteiger charge is -2.35. The average Bonchev–Trinajstić information content (AvgIpc) is 2.68. The van der Waals surface area contributed by atoms with Crippen LogP contribution in [-0.4, -0.2) is 23.5 Å². The number of hydrogen-bond donors (Lipinski definition) is 1. The largest absolute Gasteiger partial charge is 0.463 e. The number of ether oxygens (including phenoxy) is 1. The van der Waals surface area contributed by atoms with Crippen LogP contribution in [0.15, 0.2) is 59.8 Å². The molecule has 9 heteroatoms. The zero-order valence-corrected chi connectivity index (χ0v) is 16.5.